The van der Waals surface area contributed by atoms with Crippen LogP contribution in [0.2, 0.25) is 0 Å². The molecule has 5 heteroatoms. The Balaban J connectivity index is 2.69. The topological polar surface area (TPSA) is 54.4 Å². The molecular formula is C10H11BrO3S. The molecule has 1 rings (SSSR count). The van der Waals surface area contributed by atoms with Crippen LogP contribution in [-0.4, -0.2) is 21.0 Å². The minimum atomic E-state index is -1.24. The molecular weight excluding hydrogens is 280 g/mol. The summed E-state index contributed by atoms with van der Waals surface area (Å²) < 4.78 is 12.6. The van der Waals surface area contributed by atoms with Gasteiger partial charge in [-0.2, -0.15) is 0 Å². The van der Waals surface area contributed by atoms with Gasteiger partial charge in [0.2, 0.25) is 0 Å². The monoisotopic (exact) mass is 290 g/mol. The number of hydrogen-bond donors (Lipinski definition) is 1. The molecule has 82 valence electrons. The highest BCUT2D eigenvalue weighted by atomic mass is 79.9. The molecule has 0 amide bonds. The highest BCUT2D eigenvalue weighted by molar-refractivity contribution is 9.10. The zero-order chi connectivity index (χ0) is 11.4. The van der Waals surface area contributed by atoms with Crippen molar-refractivity contribution in [2.24, 2.45) is 5.92 Å². The van der Waals surface area contributed by atoms with Crippen molar-refractivity contribution in [3.05, 3.63) is 28.7 Å². The van der Waals surface area contributed by atoms with Crippen molar-refractivity contribution in [1.82, 2.24) is 0 Å². The zero-order valence-electron chi connectivity index (χ0n) is 8.14. The van der Waals surface area contributed by atoms with Gasteiger partial charge >= 0.3 is 5.97 Å². The van der Waals surface area contributed by atoms with Crippen molar-refractivity contribution in [2.45, 2.75) is 11.8 Å². The van der Waals surface area contributed by atoms with Crippen molar-refractivity contribution < 1.29 is 14.1 Å². The summed E-state index contributed by atoms with van der Waals surface area (Å²) in [5.74, 6) is -1.35. The van der Waals surface area contributed by atoms with Crippen LogP contribution < -0.4 is 0 Å². The number of carbonyl (C=O) groups is 1. The van der Waals surface area contributed by atoms with Gasteiger partial charge < -0.3 is 5.11 Å². The summed E-state index contributed by atoms with van der Waals surface area (Å²) in [5.41, 5.74) is 0. The second-order valence-electron chi connectivity index (χ2n) is 3.21. The molecule has 2 atom stereocenters. The molecule has 0 aliphatic heterocycles. The van der Waals surface area contributed by atoms with Gasteiger partial charge in [0.1, 0.15) is 0 Å². The number of carboxylic acid groups (broad SMARTS) is 1. The SMILES string of the molecule is CC(CS(=O)c1ccc(Br)cc1)C(=O)O. The molecule has 0 bridgehead atoms. The zero-order valence-corrected chi connectivity index (χ0v) is 10.5. The van der Waals surface area contributed by atoms with Gasteiger partial charge in [-0.1, -0.05) is 22.9 Å². The van der Waals surface area contributed by atoms with Crippen LogP contribution in [0.1, 0.15) is 6.92 Å². The molecule has 0 fully saturated rings. The van der Waals surface area contributed by atoms with Crippen molar-refractivity contribution >= 4 is 32.7 Å². The Morgan fingerprint density at radius 2 is 2.00 bits per heavy atom. The molecule has 2 unspecified atom stereocenters. The van der Waals surface area contributed by atoms with Crippen LogP contribution in [0.4, 0.5) is 0 Å². The fraction of sp³-hybridized carbons (Fsp3) is 0.300. The number of carboxylic acids is 1. The summed E-state index contributed by atoms with van der Waals surface area (Å²) in [6.45, 7) is 1.55. The predicted octanol–water partition coefficient (Wildman–Crippen LogP) is 2.28. The first-order valence-corrected chi connectivity index (χ1v) is 6.48. The maximum atomic E-state index is 11.7. The predicted molar refractivity (Wildman–Crippen MR) is 62.2 cm³/mol. The van der Waals surface area contributed by atoms with E-state index < -0.39 is 22.7 Å². The van der Waals surface area contributed by atoms with Crippen LogP contribution in [0.15, 0.2) is 33.6 Å². The smallest absolute Gasteiger partial charge is 0.307 e. The Kier molecular flexibility index (Phi) is 4.47. The molecule has 1 N–H and O–H groups in total. The standard InChI is InChI=1S/C10H11BrO3S/c1-7(10(12)13)6-15(14)9-4-2-8(11)3-5-9/h2-5,7H,6H2,1H3,(H,12,13). The third kappa shape index (κ3) is 3.76. The number of halogens is 1. The van der Waals surface area contributed by atoms with E-state index in [-0.39, 0.29) is 5.75 Å². The fourth-order valence-electron chi connectivity index (χ4n) is 0.981. The van der Waals surface area contributed by atoms with Gasteiger partial charge in [-0.05, 0) is 24.3 Å². The molecule has 0 radical (unpaired) electrons. The normalized spacial score (nSPS) is 14.5. The molecule has 15 heavy (non-hydrogen) atoms. The molecule has 1 aromatic rings. The van der Waals surface area contributed by atoms with E-state index in [9.17, 15) is 9.00 Å². The van der Waals surface area contributed by atoms with Crippen molar-refractivity contribution in [1.29, 1.82) is 0 Å². The number of benzene rings is 1. The van der Waals surface area contributed by atoms with Gasteiger partial charge in [-0.3, -0.25) is 9.00 Å². The van der Waals surface area contributed by atoms with Crippen LogP contribution >= 0.6 is 15.9 Å². The fourth-order valence-corrected chi connectivity index (χ4v) is 2.47. The minimum Gasteiger partial charge on any atom is -0.481 e. The average Bonchev–Trinajstić information content (AvgIpc) is 2.18. The van der Waals surface area contributed by atoms with Gasteiger partial charge in [-0.25, -0.2) is 0 Å². The molecule has 3 nitrogen and oxygen atoms in total. The third-order valence-electron chi connectivity index (χ3n) is 1.90. The summed E-state index contributed by atoms with van der Waals surface area (Å²) in [6.07, 6.45) is 0. The Labute approximate surface area is 99.1 Å². The number of aliphatic carboxylic acids is 1. The van der Waals surface area contributed by atoms with Gasteiger partial charge in [0.05, 0.1) is 16.7 Å². The van der Waals surface area contributed by atoms with E-state index >= 15 is 0 Å². The number of hydrogen-bond acceptors (Lipinski definition) is 2. The van der Waals surface area contributed by atoms with Gasteiger partial charge in [0.15, 0.2) is 0 Å². The maximum absolute atomic E-state index is 11.7. The highest BCUT2D eigenvalue weighted by Gasteiger charge is 2.15. The van der Waals surface area contributed by atoms with E-state index in [0.717, 1.165) is 4.47 Å². The Hall–Kier alpha value is -0.680. The van der Waals surface area contributed by atoms with Gasteiger partial charge in [0.25, 0.3) is 0 Å². The lowest BCUT2D eigenvalue weighted by atomic mass is 10.2. The third-order valence-corrected chi connectivity index (χ3v) is 4.03. The quantitative estimate of drug-likeness (QED) is 0.926. The van der Waals surface area contributed by atoms with Gasteiger partial charge in [-0.15, -0.1) is 0 Å². The van der Waals surface area contributed by atoms with Crippen LogP contribution in [0.3, 0.4) is 0 Å². The first-order valence-electron chi connectivity index (χ1n) is 4.37. The molecule has 0 aliphatic rings. The lowest BCUT2D eigenvalue weighted by Gasteiger charge is -2.05. The second kappa shape index (κ2) is 5.42. The van der Waals surface area contributed by atoms with E-state index in [1.807, 2.05) is 0 Å². The van der Waals surface area contributed by atoms with Crippen LogP contribution in [0.5, 0.6) is 0 Å². The maximum Gasteiger partial charge on any atom is 0.307 e. The summed E-state index contributed by atoms with van der Waals surface area (Å²) in [7, 11) is -1.24. The summed E-state index contributed by atoms with van der Waals surface area (Å²) in [4.78, 5) is 11.2. The van der Waals surface area contributed by atoms with Crippen molar-refractivity contribution in [2.75, 3.05) is 5.75 Å². The lowest BCUT2D eigenvalue weighted by molar-refractivity contribution is -0.140. The molecule has 0 spiro atoms. The first kappa shape index (κ1) is 12.4. The Morgan fingerprint density at radius 3 is 2.47 bits per heavy atom. The van der Waals surface area contributed by atoms with Crippen molar-refractivity contribution in [3.63, 3.8) is 0 Å². The van der Waals surface area contributed by atoms with E-state index in [4.69, 9.17) is 5.11 Å². The van der Waals surface area contributed by atoms with Gasteiger partial charge in [0, 0.05) is 15.1 Å². The highest BCUT2D eigenvalue weighted by Crippen LogP contribution is 2.15. The summed E-state index contributed by atoms with van der Waals surface area (Å²) in [6, 6.07) is 7.04. The lowest BCUT2D eigenvalue weighted by Crippen LogP contribution is -2.17. The summed E-state index contributed by atoms with van der Waals surface area (Å²) in [5, 5.41) is 8.68. The number of rotatable bonds is 4. The second-order valence-corrected chi connectivity index (χ2v) is 5.62. The average molecular weight is 291 g/mol. The molecule has 0 heterocycles. The van der Waals surface area contributed by atoms with Crippen LogP contribution in [0.25, 0.3) is 0 Å². The van der Waals surface area contributed by atoms with E-state index in [0.29, 0.717) is 4.90 Å². The Bertz CT molecular complexity index is 375. The Morgan fingerprint density at radius 1 is 1.47 bits per heavy atom. The molecule has 0 saturated carbocycles. The van der Waals surface area contributed by atoms with E-state index in [2.05, 4.69) is 15.9 Å². The largest absolute Gasteiger partial charge is 0.481 e. The van der Waals surface area contributed by atoms with Crippen molar-refractivity contribution in [3.8, 4) is 0 Å². The molecule has 0 aromatic heterocycles. The van der Waals surface area contributed by atoms with Crippen LogP contribution in [0, 0.1) is 5.92 Å². The van der Waals surface area contributed by atoms with Crippen LogP contribution in [-0.2, 0) is 15.6 Å². The molecule has 0 aliphatic carbocycles. The summed E-state index contributed by atoms with van der Waals surface area (Å²) >= 11 is 3.28. The first-order chi connectivity index (χ1) is 7.00. The van der Waals surface area contributed by atoms with E-state index in [1.54, 1.807) is 31.2 Å². The minimum absolute atomic E-state index is 0.150. The molecule has 1 aromatic carbocycles. The van der Waals surface area contributed by atoms with E-state index in [1.165, 1.54) is 0 Å². The molecule has 0 saturated heterocycles.